The van der Waals surface area contributed by atoms with Gasteiger partial charge in [0.05, 0.1) is 11.0 Å². The van der Waals surface area contributed by atoms with Gasteiger partial charge in [-0.3, -0.25) is 14.5 Å². The van der Waals surface area contributed by atoms with Crippen LogP contribution in [-0.2, 0) is 11.3 Å². The molecule has 3 aliphatic heterocycles. The van der Waals surface area contributed by atoms with Crippen LogP contribution >= 0.6 is 0 Å². The largest absolute Gasteiger partial charge is 0.338 e. The number of fused-ring (bicyclic) bond motifs is 1. The van der Waals surface area contributed by atoms with Crippen molar-refractivity contribution in [3.63, 3.8) is 0 Å². The Morgan fingerprint density at radius 2 is 1.55 bits per heavy atom. The Morgan fingerprint density at radius 1 is 0.842 bits per heavy atom. The first kappa shape index (κ1) is 25.1. The lowest BCUT2D eigenvalue weighted by Gasteiger charge is -2.43. The van der Waals surface area contributed by atoms with Gasteiger partial charge in [-0.05, 0) is 63.5 Å². The van der Waals surface area contributed by atoms with Gasteiger partial charge in [-0.2, -0.15) is 0 Å². The summed E-state index contributed by atoms with van der Waals surface area (Å²) >= 11 is 0. The Balaban J connectivity index is 1.17. The number of hydrogen-bond donors (Lipinski definition) is 0. The second kappa shape index (κ2) is 10.9. The van der Waals surface area contributed by atoms with E-state index in [4.69, 9.17) is 4.98 Å². The first-order chi connectivity index (χ1) is 18.6. The number of benzene rings is 2. The van der Waals surface area contributed by atoms with Crippen LogP contribution in [0.4, 0.5) is 0 Å². The Hall–Kier alpha value is -3.23. The third-order valence-corrected chi connectivity index (χ3v) is 8.66. The summed E-state index contributed by atoms with van der Waals surface area (Å²) in [4.78, 5) is 41.2. The second-order valence-electron chi connectivity index (χ2n) is 11.0. The summed E-state index contributed by atoms with van der Waals surface area (Å²) in [5.41, 5.74) is 2.85. The van der Waals surface area contributed by atoms with Crippen LogP contribution < -0.4 is 0 Å². The highest BCUT2D eigenvalue weighted by Gasteiger charge is 2.39. The molecule has 8 heteroatoms. The number of piperidine rings is 1. The van der Waals surface area contributed by atoms with Crippen molar-refractivity contribution >= 4 is 22.8 Å². The van der Waals surface area contributed by atoms with E-state index in [-0.39, 0.29) is 11.8 Å². The third-order valence-electron chi connectivity index (χ3n) is 8.66. The van der Waals surface area contributed by atoms with Crippen LogP contribution in [0.5, 0.6) is 0 Å². The van der Waals surface area contributed by atoms with Gasteiger partial charge in [0.15, 0.2) is 0 Å². The van der Waals surface area contributed by atoms with Crippen molar-refractivity contribution in [1.29, 1.82) is 0 Å². The molecule has 1 atom stereocenters. The van der Waals surface area contributed by atoms with Crippen molar-refractivity contribution in [2.45, 2.75) is 44.3 Å². The number of likely N-dealkylation sites (tertiary alicyclic amines) is 2. The number of para-hydroxylation sites is 2. The molecule has 0 radical (unpaired) electrons. The molecule has 3 aromatic rings. The molecule has 3 fully saturated rings. The highest BCUT2D eigenvalue weighted by Crippen LogP contribution is 2.26. The zero-order valence-electron chi connectivity index (χ0n) is 22.3. The van der Waals surface area contributed by atoms with Crippen LogP contribution in [0.3, 0.4) is 0 Å². The van der Waals surface area contributed by atoms with E-state index >= 15 is 0 Å². The lowest BCUT2D eigenvalue weighted by Crippen LogP contribution is -2.57. The molecule has 0 bridgehead atoms. The highest BCUT2D eigenvalue weighted by molar-refractivity contribution is 5.98. The van der Waals surface area contributed by atoms with Crippen LogP contribution in [0, 0.1) is 0 Å². The van der Waals surface area contributed by atoms with Crippen molar-refractivity contribution in [2.24, 2.45) is 0 Å². The number of carbonyl (C=O) groups excluding carboxylic acids is 2. The van der Waals surface area contributed by atoms with Crippen molar-refractivity contribution in [1.82, 2.24) is 29.2 Å². The van der Waals surface area contributed by atoms with Crippen LogP contribution in [0.15, 0.2) is 54.6 Å². The van der Waals surface area contributed by atoms with E-state index in [2.05, 4.69) is 29.0 Å². The number of rotatable bonds is 5. The van der Waals surface area contributed by atoms with Gasteiger partial charge in [0, 0.05) is 45.3 Å². The monoisotopic (exact) mass is 514 g/mol. The van der Waals surface area contributed by atoms with E-state index in [1.807, 2.05) is 51.9 Å². The van der Waals surface area contributed by atoms with Gasteiger partial charge in [-0.15, -0.1) is 0 Å². The molecule has 2 amide bonds. The Morgan fingerprint density at radius 3 is 2.32 bits per heavy atom. The SMILES string of the molecule is CN1CCC(N2CCN(C(=O)[C@@H]3CCCN3C(=O)c3nc4ccccc4n3Cc3ccccc3)CC2)CC1. The lowest BCUT2D eigenvalue weighted by atomic mass is 10.0. The quantitative estimate of drug-likeness (QED) is 0.524. The first-order valence-electron chi connectivity index (χ1n) is 14.1. The van der Waals surface area contributed by atoms with Crippen molar-refractivity contribution < 1.29 is 9.59 Å². The summed E-state index contributed by atoms with van der Waals surface area (Å²) in [7, 11) is 2.19. The van der Waals surface area contributed by atoms with E-state index in [1.165, 1.54) is 12.8 Å². The van der Waals surface area contributed by atoms with Crippen LogP contribution in [0.2, 0.25) is 0 Å². The molecule has 0 unspecified atom stereocenters. The Labute approximate surface area is 224 Å². The number of amides is 2. The van der Waals surface area contributed by atoms with Gasteiger partial charge in [-0.1, -0.05) is 42.5 Å². The van der Waals surface area contributed by atoms with E-state index in [0.717, 1.165) is 68.7 Å². The minimum absolute atomic E-state index is 0.101. The molecule has 0 N–H and O–H groups in total. The average molecular weight is 515 g/mol. The lowest BCUT2D eigenvalue weighted by molar-refractivity contribution is -0.137. The summed E-state index contributed by atoms with van der Waals surface area (Å²) in [5.74, 6) is 0.379. The number of imidazole rings is 1. The topological polar surface area (TPSA) is 64.9 Å². The second-order valence-corrected chi connectivity index (χ2v) is 11.0. The molecule has 200 valence electrons. The third kappa shape index (κ3) is 4.95. The van der Waals surface area contributed by atoms with E-state index in [1.54, 1.807) is 4.90 Å². The van der Waals surface area contributed by atoms with Gasteiger partial charge < -0.3 is 19.3 Å². The fourth-order valence-electron chi connectivity index (χ4n) is 6.44. The molecule has 0 aliphatic carbocycles. The molecule has 38 heavy (non-hydrogen) atoms. The average Bonchev–Trinajstić information content (AvgIpc) is 3.59. The molecule has 2 aromatic carbocycles. The maximum absolute atomic E-state index is 14.0. The number of piperazine rings is 1. The van der Waals surface area contributed by atoms with E-state index in [0.29, 0.717) is 25.0 Å². The number of hydrogen-bond acceptors (Lipinski definition) is 5. The fraction of sp³-hybridized carbons (Fsp3) is 0.500. The molecule has 4 heterocycles. The van der Waals surface area contributed by atoms with Crippen molar-refractivity contribution in [2.75, 3.05) is 52.9 Å². The Bertz CT molecular complexity index is 1270. The predicted octanol–water partition coefficient (Wildman–Crippen LogP) is 2.93. The minimum atomic E-state index is -0.401. The van der Waals surface area contributed by atoms with Crippen molar-refractivity contribution in [3.05, 3.63) is 66.0 Å². The molecule has 0 spiro atoms. The molecule has 1 aromatic heterocycles. The normalized spacial score (nSPS) is 21.9. The van der Waals surface area contributed by atoms with Gasteiger partial charge in [-0.25, -0.2) is 4.98 Å². The summed E-state index contributed by atoms with van der Waals surface area (Å²) < 4.78 is 2.01. The zero-order valence-corrected chi connectivity index (χ0v) is 22.3. The summed E-state index contributed by atoms with van der Waals surface area (Å²) in [6.45, 7) is 6.80. The highest BCUT2D eigenvalue weighted by atomic mass is 16.2. The van der Waals surface area contributed by atoms with Gasteiger partial charge >= 0.3 is 0 Å². The molecule has 6 rings (SSSR count). The predicted molar refractivity (Wildman–Crippen MR) is 148 cm³/mol. The fourth-order valence-corrected chi connectivity index (χ4v) is 6.44. The smallest absolute Gasteiger partial charge is 0.290 e. The summed E-state index contributed by atoms with van der Waals surface area (Å²) in [6, 6.07) is 18.3. The van der Waals surface area contributed by atoms with Gasteiger partial charge in [0.1, 0.15) is 6.04 Å². The van der Waals surface area contributed by atoms with Crippen LogP contribution in [0.1, 0.15) is 41.9 Å². The summed E-state index contributed by atoms with van der Waals surface area (Å²) in [6.07, 6.45) is 3.98. The molecule has 3 saturated heterocycles. The van der Waals surface area contributed by atoms with Crippen molar-refractivity contribution in [3.8, 4) is 0 Å². The molecule has 8 nitrogen and oxygen atoms in total. The Kier molecular flexibility index (Phi) is 7.17. The molecule has 3 aliphatic rings. The van der Waals surface area contributed by atoms with E-state index < -0.39 is 6.04 Å². The molecule has 0 saturated carbocycles. The standard InChI is InChI=1S/C30H38N6O2/c1-32-16-13-24(14-17-32)33-18-20-34(21-19-33)29(37)27-12-7-15-35(27)30(38)28-31-25-10-5-6-11-26(25)36(28)22-23-8-3-2-4-9-23/h2-6,8-11,24,27H,7,12-22H2,1H3/t27-/m0/s1. The maximum Gasteiger partial charge on any atom is 0.290 e. The van der Waals surface area contributed by atoms with Gasteiger partial charge in [0.2, 0.25) is 11.7 Å². The van der Waals surface area contributed by atoms with Gasteiger partial charge in [0.25, 0.3) is 5.91 Å². The molecular weight excluding hydrogens is 476 g/mol. The van der Waals surface area contributed by atoms with Crippen LogP contribution in [-0.4, -0.2) is 106 Å². The zero-order chi connectivity index (χ0) is 26.1. The maximum atomic E-state index is 14.0. The number of nitrogens with zero attached hydrogens (tertiary/aromatic N) is 6. The molecular formula is C30H38N6O2. The first-order valence-corrected chi connectivity index (χ1v) is 14.1. The van der Waals surface area contributed by atoms with E-state index in [9.17, 15) is 9.59 Å². The number of aromatic nitrogens is 2. The number of carbonyl (C=O) groups is 2. The summed E-state index contributed by atoms with van der Waals surface area (Å²) in [5, 5.41) is 0. The van der Waals surface area contributed by atoms with Crippen LogP contribution in [0.25, 0.3) is 11.0 Å². The minimum Gasteiger partial charge on any atom is -0.338 e.